The highest BCUT2D eigenvalue weighted by atomic mass is 16.3. The van der Waals surface area contributed by atoms with E-state index in [1.165, 1.54) is 0 Å². The van der Waals surface area contributed by atoms with Crippen LogP contribution >= 0.6 is 0 Å². The van der Waals surface area contributed by atoms with Gasteiger partial charge < -0.3 is 15.3 Å². The zero-order valence-electron chi connectivity index (χ0n) is 7.71. The van der Waals surface area contributed by atoms with E-state index in [1.54, 1.807) is 11.8 Å². The fourth-order valence-electron chi connectivity index (χ4n) is 1.26. The molecule has 0 aliphatic carbocycles. The Morgan fingerprint density at radius 2 is 2.46 bits per heavy atom. The third-order valence-electron chi connectivity index (χ3n) is 1.89. The first kappa shape index (κ1) is 10.0. The van der Waals surface area contributed by atoms with Crippen molar-refractivity contribution in [3.8, 4) is 11.8 Å². The molecule has 0 aromatic rings. The summed E-state index contributed by atoms with van der Waals surface area (Å²) < 4.78 is 0. The maximum absolute atomic E-state index is 11.3. The molecule has 1 unspecified atom stereocenters. The smallest absolute Gasteiger partial charge is 0.298 e. The topological polar surface area (TPSA) is 52.6 Å². The highest BCUT2D eigenvalue weighted by molar-refractivity contribution is 5.93. The van der Waals surface area contributed by atoms with Crippen LogP contribution in [0.4, 0.5) is 0 Å². The van der Waals surface area contributed by atoms with Crippen LogP contribution < -0.4 is 5.32 Å². The second-order valence-electron chi connectivity index (χ2n) is 2.98. The average Bonchev–Trinajstić information content (AvgIpc) is 2.30. The minimum Gasteiger partial charge on any atom is -0.390 e. The first-order valence-electron chi connectivity index (χ1n) is 4.34. The van der Waals surface area contributed by atoms with Crippen molar-refractivity contribution in [1.29, 1.82) is 0 Å². The van der Waals surface area contributed by atoms with Gasteiger partial charge >= 0.3 is 0 Å². The molecule has 2 N–H and O–H groups in total. The Morgan fingerprint density at radius 3 is 3.15 bits per heavy atom. The van der Waals surface area contributed by atoms with E-state index in [4.69, 9.17) is 0 Å². The molecular weight excluding hydrogens is 168 g/mol. The first-order valence-corrected chi connectivity index (χ1v) is 4.34. The second-order valence-corrected chi connectivity index (χ2v) is 2.98. The fraction of sp³-hybridized carbons (Fsp3) is 0.667. The zero-order valence-corrected chi connectivity index (χ0v) is 7.71. The average molecular weight is 182 g/mol. The van der Waals surface area contributed by atoms with Crippen LogP contribution in [0.15, 0.2) is 0 Å². The monoisotopic (exact) mass is 182 g/mol. The summed E-state index contributed by atoms with van der Waals surface area (Å²) in [4.78, 5) is 12.9. The van der Waals surface area contributed by atoms with Gasteiger partial charge in [-0.15, -0.1) is 0 Å². The minimum atomic E-state index is -0.481. The number of hydrogen-bond donors (Lipinski definition) is 2. The summed E-state index contributed by atoms with van der Waals surface area (Å²) in [6.45, 7) is 3.88. The first-order chi connectivity index (χ1) is 6.24. The summed E-state index contributed by atoms with van der Waals surface area (Å²) in [5.41, 5.74) is 0. The number of aliphatic hydroxyl groups is 1. The summed E-state index contributed by atoms with van der Waals surface area (Å²) >= 11 is 0. The van der Waals surface area contributed by atoms with Gasteiger partial charge in [0.25, 0.3) is 5.91 Å². The summed E-state index contributed by atoms with van der Waals surface area (Å²) in [5.74, 6) is 4.81. The molecule has 1 rings (SSSR count). The Kier molecular flexibility index (Phi) is 3.74. The van der Waals surface area contributed by atoms with Crippen molar-refractivity contribution in [2.45, 2.75) is 13.0 Å². The quantitative estimate of drug-likeness (QED) is 0.463. The molecule has 0 radical (unpaired) electrons. The molecule has 1 aliphatic heterocycles. The van der Waals surface area contributed by atoms with Gasteiger partial charge in [0.15, 0.2) is 0 Å². The number of amides is 1. The Hall–Kier alpha value is -1.05. The molecule has 0 aromatic heterocycles. The van der Waals surface area contributed by atoms with Crippen molar-refractivity contribution in [2.24, 2.45) is 0 Å². The molecule has 13 heavy (non-hydrogen) atoms. The van der Waals surface area contributed by atoms with Crippen LogP contribution in [-0.4, -0.2) is 48.2 Å². The summed E-state index contributed by atoms with van der Waals surface area (Å²) in [7, 11) is 0. The number of β-amino-alcohol motifs (C(OH)–C–C–N with tert-alkyl or cyclic N) is 1. The largest absolute Gasteiger partial charge is 0.390 e. The van der Waals surface area contributed by atoms with E-state index in [9.17, 15) is 9.90 Å². The maximum atomic E-state index is 11.3. The molecule has 72 valence electrons. The minimum absolute atomic E-state index is 0.203. The van der Waals surface area contributed by atoms with Gasteiger partial charge in [-0.3, -0.25) is 4.79 Å². The van der Waals surface area contributed by atoms with Crippen LogP contribution in [0.2, 0.25) is 0 Å². The van der Waals surface area contributed by atoms with E-state index in [1.807, 2.05) is 0 Å². The van der Waals surface area contributed by atoms with Gasteiger partial charge in [0.2, 0.25) is 0 Å². The molecule has 1 heterocycles. The van der Waals surface area contributed by atoms with Crippen molar-refractivity contribution in [1.82, 2.24) is 10.2 Å². The molecule has 0 saturated carbocycles. The van der Waals surface area contributed by atoms with Crippen LogP contribution in [0, 0.1) is 11.8 Å². The lowest BCUT2D eigenvalue weighted by Gasteiger charge is -2.18. The Morgan fingerprint density at radius 1 is 1.69 bits per heavy atom. The predicted octanol–water partition coefficient (Wildman–Crippen LogP) is -1.20. The number of nitrogens with one attached hydrogen (secondary N) is 1. The van der Waals surface area contributed by atoms with Crippen molar-refractivity contribution < 1.29 is 9.90 Å². The second kappa shape index (κ2) is 4.85. The van der Waals surface area contributed by atoms with Gasteiger partial charge in [-0.2, -0.15) is 0 Å². The van der Waals surface area contributed by atoms with E-state index in [-0.39, 0.29) is 5.91 Å². The van der Waals surface area contributed by atoms with Crippen molar-refractivity contribution in [3.63, 3.8) is 0 Å². The van der Waals surface area contributed by atoms with Gasteiger partial charge in [0, 0.05) is 26.2 Å². The Balaban J connectivity index is 2.55. The van der Waals surface area contributed by atoms with Crippen LogP contribution in [0.1, 0.15) is 6.92 Å². The molecule has 0 aromatic carbocycles. The Bertz CT molecular complexity index is 242. The molecule has 4 heteroatoms. The van der Waals surface area contributed by atoms with Crippen LogP contribution in [0.5, 0.6) is 0 Å². The lowest BCUT2D eigenvalue weighted by Crippen LogP contribution is -2.36. The highest BCUT2D eigenvalue weighted by Crippen LogP contribution is 1.96. The van der Waals surface area contributed by atoms with Gasteiger partial charge in [-0.1, -0.05) is 5.92 Å². The molecule has 0 bridgehead atoms. The zero-order chi connectivity index (χ0) is 9.68. The SMILES string of the molecule is CC#CC(=O)N1CCNCC(O)C1. The normalized spacial score (nSPS) is 22.9. The fourth-order valence-corrected chi connectivity index (χ4v) is 1.26. The van der Waals surface area contributed by atoms with E-state index in [2.05, 4.69) is 17.2 Å². The van der Waals surface area contributed by atoms with Crippen LogP contribution in [0.3, 0.4) is 0 Å². The van der Waals surface area contributed by atoms with E-state index >= 15 is 0 Å². The number of hydrogen-bond acceptors (Lipinski definition) is 3. The summed E-state index contributed by atoms with van der Waals surface area (Å²) in [6, 6.07) is 0. The molecule has 1 saturated heterocycles. The number of carbonyl (C=O) groups is 1. The third-order valence-corrected chi connectivity index (χ3v) is 1.89. The Labute approximate surface area is 77.9 Å². The highest BCUT2D eigenvalue weighted by Gasteiger charge is 2.18. The lowest BCUT2D eigenvalue weighted by molar-refractivity contribution is -0.125. The van der Waals surface area contributed by atoms with Gasteiger partial charge in [0.05, 0.1) is 6.10 Å². The lowest BCUT2D eigenvalue weighted by atomic mass is 10.3. The molecule has 1 amide bonds. The molecule has 0 spiro atoms. The molecule has 1 aliphatic rings. The molecular formula is C9H14N2O2. The van der Waals surface area contributed by atoms with Crippen molar-refractivity contribution in [3.05, 3.63) is 0 Å². The van der Waals surface area contributed by atoms with E-state index in [0.29, 0.717) is 26.2 Å². The molecule has 1 fully saturated rings. The van der Waals surface area contributed by atoms with Crippen molar-refractivity contribution >= 4 is 5.91 Å². The number of rotatable bonds is 0. The number of carbonyl (C=O) groups excluding carboxylic acids is 1. The van der Waals surface area contributed by atoms with Crippen molar-refractivity contribution in [2.75, 3.05) is 26.2 Å². The maximum Gasteiger partial charge on any atom is 0.298 e. The van der Waals surface area contributed by atoms with Crippen LogP contribution in [0.25, 0.3) is 0 Å². The third kappa shape index (κ3) is 3.05. The van der Waals surface area contributed by atoms with Crippen LogP contribution in [-0.2, 0) is 4.79 Å². The van der Waals surface area contributed by atoms with Gasteiger partial charge in [0.1, 0.15) is 0 Å². The predicted molar refractivity (Wildman–Crippen MR) is 48.9 cm³/mol. The summed E-state index contributed by atoms with van der Waals surface area (Å²) in [5, 5.41) is 12.4. The van der Waals surface area contributed by atoms with Gasteiger partial charge in [-0.05, 0) is 12.8 Å². The van der Waals surface area contributed by atoms with E-state index in [0.717, 1.165) is 0 Å². The molecule has 4 nitrogen and oxygen atoms in total. The standard InChI is InChI=1S/C9H14N2O2/c1-2-3-9(13)11-5-4-10-6-8(12)7-11/h8,10,12H,4-7H2,1H3. The molecule has 1 atom stereocenters. The van der Waals surface area contributed by atoms with Gasteiger partial charge in [-0.25, -0.2) is 0 Å². The number of aliphatic hydroxyl groups excluding tert-OH is 1. The van der Waals surface area contributed by atoms with E-state index < -0.39 is 6.10 Å². The summed E-state index contributed by atoms with van der Waals surface area (Å²) in [6.07, 6.45) is -0.481. The number of nitrogens with zero attached hydrogens (tertiary/aromatic N) is 1.